The maximum atomic E-state index is 12.5. The van der Waals surface area contributed by atoms with E-state index in [0.717, 1.165) is 62.3 Å². The fourth-order valence-corrected chi connectivity index (χ4v) is 5.78. The maximum absolute atomic E-state index is 12.5. The lowest BCUT2D eigenvalue weighted by Gasteiger charge is -2.38. The Balaban J connectivity index is 1.08. The maximum Gasteiger partial charge on any atom is 0.296 e. The van der Waals surface area contributed by atoms with Crippen molar-refractivity contribution in [3.63, 3.8) is 0 Å². The summed E-state index contributed by atoms with van der Waals surface area (Å²) >= 11 is 6.61. The van der Waals surface area contributed by atoms with Crippen molar-refractivity contribution in [1.82, 2.24) is 24.8 Å². The third kappa shape index (κ3) is 4.89. The number of amides is 1. The second-order valence-electron chi connectivity index (χ2n) is 10.2. The minimum atomic E-state index is -0.312. The zero-order valence-electron chi connectivity index (χ0n) is 20.2. The number of allylic oxidation sites excluding steroid dienone is 2. The van der Waals surface area contributed by atoms with Gasteiger partial charge in [-0.2, -0.15) is 4.98 Å². The van der Waals surface area contributed by atoms with E-state index in [9.17, 15) is 9.90 Å². The van der Waals surface area contributed by atoms with E-state index in [-0.39, 0.29) is 24.0 Å². The topological polar surface area (TPSA) is 104 Å². The number of aliphatic hydroxyl groups is 1. The lowest BCUT2D eigenvalue weighted by Crippen LogP contribution is -2.48. The molecule has 2 aromatic rings. The number of hydrogen-bond acceptors (Lipinski definition) is 7. The van der Waals surface area contributed by atoms with Gasteiger partial charge < -0.3 is 24.5 Å². The number of rotatable bonds is 5. The van der Waals surface area contributed by atoms with Gasteiger partial charge in [0.2, 0.25) is 5.91 Å². The predicted octanol–water partition coefficient (Wildman–Crippen LogP) is 2.80. The van der Waals surface area contributed by atoms with E-state index in [1.807, 2.05) is 11.0 Å². The molecule has 2 aromatic heterocycles. The molecule has 1 unspecified atom stereocenters. The molecule has 3 fully saturated rings. The summed E-state index contributed by atoms with van der Waals surface area (Å²) < 4.78 is 11.6. The molecule has 6 rings (SSSR count). The number of hydrogen-bond donors (Lipinski definition) is 2. The van der Waals surface area contributed by atoms with E-state index in [0.29, 0.717) is 48.7 Å². The van der Waals surface area contributed by atoms with E-state index in [2.05, 4.69) is 33.1 Å². The number of halogens is 1. The molecule has 1 atom stereocenters. The third-order valence-corrected chi connectivity index (χ3v) is 8.05. The number of morpholine rings is 1. The number of imidazole rings is 1. The van der Waals surface area contributed by atoms with E-state index >= 15 is 0 Å². The molecule has 192 valence electrons. The quantitative estimate of drug-likeness (QED) is 0.633. The fraction of sp³-hybridized carbons (Fsp3) is 0.577. The number of H-pyrrole nitrogens is 1. The first-order chi connectivity index (χ1) is 17.5. The molecule has 1 saturated carbocycles. The Morgan fingerprint density at radius 3 is 2.64 bits per heavy atom. The van der Waals surface area contributed by atoms with Gasteiger partial charge in [-0.15, -0.1) is 0 Å². The average molecular weight is 514 g/mol. The van der Waals surface area contributed by atoms with Crippen LogP contribution in [0, 0.1) is 5.92 Å². The van der Waals surface area contributed by atoms with Crippen molar-refractivity contribution >= 4 is 34.2 Å². The number of aromatic amines is 1. The number of likely N-dealkylation sites (tertiary alicyclic amines) is 1. The molecule has 4 aliphatic rings. The normalized spacial score (nSPS) is 27.7. The van der Waals surface area contributed by atoms with Crippen LogP contribution in [0.3, 0.4) is 0 Å². The second-order valence-corrected chi connectivity index (χ2v) is 10.6. The zero-order chi connectivity index (χ0) is 24.6. The monoisotopic (exact) mass is 513 g/mol. The first kappa shape index (κ1) is 23.9. The number of nitrogens with one attached hydrogen (secondary N) is 1. The Kier molecular flexibility index (Phi) is 6.73. The van der Waals surface area contributed by atoms with Crippen molar-refractivity contribution in [2.24, 2.45) is 5.92 Å². The second kappa shape index (κ2) is 10.1. The van der Waals surface area contributed by atoms with Crippen molar-refractivity contribution in [3.05, 3.63) is 35.0 Å². The van der Waals surface area contributed by atoms with E-state index < -0.39 is 0 Å². The molecular weight excluding hydrogens is 482 g/mol. The highest BCUT2D eigenvalue weighted by Gasteiger charge is 2.37. The van der Waals surface area contributed by atoms with Gasteiger partial charge in [-0.3, -0.25) is 9.69 Å². The van der Waals surface area contributed by atoms with E-state index in [4.69, 9.17) is 26.1 Å². The summed E-state index contributed by atoms with van der Waals surface area (Å²) in [5, 5.41) is 10.0. The Bertz CT molecular complexity index is 1180. The molecule has 36 heavy (non-hydrogen) atoms. The summed E-state index contributed by atoms with van der Waals surface area (Å²) in [4.78, 5) is 29.4. The van der Waals surface area contributed by atoms with E-state index in [1.165, 1.54) is 0 Å². The number of carbonyl (C=O) groups is 1. The summed E-state index contributed by atoms with van der Waals surface area (Å²) in [6.45, 7) is 4.82. The highest BCUT2D eigenvalue weighted by molar-refractivity contribution is 6.32. The van der Waals surface area contributed by atoms with Crippen LogP contribution in [0.15, 0.2) is 24.3 Å². The highest BCUT2D eigenvalue weighted by Crippen LogP contribution is 2.32. The molecule has 2 aliphatic heterocycles. The van der Waals surface area contributed by atoms with Crippen LogP contribution < -0.4 is 4.74 Å². The van der Waals surface area contributed by atoms with Crippen LogP contribution in [0.25, 0.3) is 16.7 Å². The molecule has 10 heteroatoms. The minimum Gasteiger partial charge on any atom is -0.461 e. The van der Waals surface area contributed by atoms with Gasteiger partial charge in [0.25, 0.3) is 6.01 Å². The zero-order valence-corrected chi connectivity index (χ0v) is 21.0. The number of ether oxygens (including phenoxy) is 2. The van der Waals surface area contributed by atoms with Crippen molar-refractivity contribution in [2.45, 2.75) is 50.4 Å². The molecule has 1 amide bonds. The Morgan fingerprint density at radius 2 is 1.94 bits per heavy atom. The molecule has 0 radical (unpaired) electrons. The Labute approximate surface area is 215 Å². The number of aliphatic hydroxyl groups excluding tert-OH is 1. The minimum absolute atomic E-state index is 0.0161. The summed E-state index contributed by atoms with van der Waals surface area (Å²) in [6.07, 6.45) is 9.80. The van der Waals surface area contributed by atoms with Crippen LogP contribution in [0.5, 0.6) is 6.01 Å². The number of carbonyl (C=O) groups excluding carboxylic acids is 1. The van der Waals surface area contributed by atoms with Gasteiger partial charge in [0, 0.05) is 51.0 Å². The molecule has 2 saturated heterocycles. The largest absolute Gasteiger partial charge is 0.461 e. The number of fused-ring (bicyclic) bond motifs is 1. The van der Waals surface area contributed by atoms with Gasteiger partial charge in [0.05, 0.1) is 35.6 Å². The molecule has 2 aliphatic carbocycles. The summed E-state index contributed by atoms with van der Waals surface area (Å²) in [7, 11) is 0. The molecule has 2 N–H and O–H groups in total. The van der Waals surface area contributed by atoms with Gasteiger partial charge in [0.1, 0.15) is 6.10 Å². The van der Waals surface area contributed by atoms with Crippen molar-refractivity contribution < 1.29 is 19.4 Å². The number of piperidine rings is 1. The number of aromatic nitrogens is 3. The van der Waals surface area contributed by atoms with Crippen LogP contribution in [-0.4, -0.2) is 93.4 Å². The first-order valence-electron chi connectivity index (χ1n) is 12.9. The first-order valence-corrected chi connectivity index (χ1v) is 13.3. The van der Waals surface area contributed by atoms with Crippen LogP contribution in [0.2, 0.25) is 5.02 Å². The molecule has 9 nitrogen and oxygen atoms in total. The third-order valence-electron chi connectivity index (χ3n) is 7.76. The van der Waals surface area contributed by atoms with E-state index in [1.54, 1.807) is 0 Å². The van der Waals surface area contributed by atoms with Crippen molar-refractivity contribution in [1.29, 1.82) is 0 Å². The molecule has 0 bridgehead atoms. The van der Waals surface area contributed by atoms with Crippen molar-refractivity contribution in [3.8, 4) is 6.01 Å². The molecule has 0 aromatic carbocycles. The molecule has 0 spiro atoms. The molecule has 4 heterocycles. The van der Waals surface area contributed by atoms with Crippen LogP contribution in [-0.2, 0) is 9.53 Å². The molecular formula is C26H32ClN5O4. The van der Waals surface area contributed by atoms with Gasteiger partial charge in [-0.05, 0) is 30.9 Å². The van der Waals surface area contributed by atoms with Crippen molar-refractivity contribution in [2.75, 3.05) is 39.4 Å². The Hall–Kier alpha value is -2.46. The SMILES string of the molecule is O=C(C1CC(O)C1)N1CCC(Oc2nc3nc(C4=CCC(N5CCOCC5)C=C4)c(Cl)cc3[nH]2)CC1. The van der Waals surface area contributed by atoms with Gasteiger partial charge in [0.15, 0.2) is 5.65 Å². The number of pyridine rings is 1. The predicted molar refractivity (Wildman–Crippen MR) is 136 cm³/mol. The summed E-state index contributed by atoms with van der Waals surface area (Å²) in [5.41, 5.74) is 3.05. The summed E-state index contributed by atoms with van der Waals surface area (Å²) in [5.74, 6) is 0.147. The summed E-state index contributed by atoms with van der Waals surface area (Å²) in [6, 6.07) is 2.67. The van der Waals surface area contributed by atoms with Crippen LogP contribution in [0.1, 0.15) is 37.8 Å². The fourth-order valence-electron chi connectivity index (χ4n) is 5.52. The van der Waals surface area contributed by atoms with Crippen LogP contribution >= 0.6 is 11.6 Å². The van der Waals surface area contributed by atoms with Gasteiger partial charge in [-0.25, -0.2) is 4.98 Å². The van der Waals surface area contributed by atoms with Crippen LogP contribution in [0.4, 0.5) is 0 Å². The van der Waals surface area contributed by atoms with Gasteiger partial charge >= 0.3 is 0 Å². The Morgan fingerprint density at radius 1 is 1.17 bits per heavy atom. The van der Waals surface area contributed by atoms with Gasteiger partial charge in [-0.1, -0.05) is 29.8 Å². The average Bonchev–Trinajstić information content (AvgIpc) is 3.28. The highest BCUT2D eigenvalue weighted by atomic mass is 35.5. The smallest absolute Gasteiger partial charge is 0.296 e. The lowest BCUT2D eigenvalue weighted by molar-refractivity contribution is -0.144. The lowest BCUT2D eigenvalue weighted by atomic mass is 9.81. The standard InChI is InChI=1S/C26H32ClN5O4/c27-21-15-22-24(29-23(21)16-1-3-18(4-2-16)31-9-11-35-12-10-31)30-26(28-22)36-20-5-7-32(8-6-20)25(34)17-13-19(33)14-17/h1-3,15,17-20,33H,4-14H2,(H,28,29,30). The number of nitrogens with zero attached hydrogens (tertiary/aromatic N) is 4.